The number of anilines is 1. The van der Waals surface area contributed by atoms with Crippen LogP contribution in [-0.2, 0) is 6.54 Å². The second kappa shape index (κ2) is 6.42. The monoisotopic (exact) mass is 264 g/mol. The highest BCUT2D eigenvalue weighted by Gasteiger charge is 2.32. The zero-order valence-corrected chi connectivity index (χ0v) is 12.8. The molecule has 1 aliphatic rings. The van der Waals surface area contributed by atoms with Gasteiger partial charge in [0.15, 0.2) is 0 Å². The van der Waals surface area contributed by atoms with E-state index in [2.05, 4.69) is 49.2 Å². The van der Waals surface area contributed by atoms with Gasteiger partial charge in [-0.15, -0.1) is 0 Å². The first-order chi connectivity index (χ1) is 9.17. The zero-order valence-electron chi connectivity index (χ0n) is 12.8. The van der Waals surface area contributed by atoms with Gasteiger partial charge in [0.25, 0.3) is 0 Å². The molecule has 1 fully saturated rings. The second-order valence-corrected chi connectivity index (χ2v) is 5.70. The van der Waals surface area contributed by atoms with Gasteiger partial charge >= 0.3 is 0 Å². The standard InChI is InChI=1S/C15H28N4/c1-5-8-16-15-7-9-19(13(4)12(15)3)14-10-17-18(6-2)11-14/h10-13,15-16H,5-9H2,1-4H3. The maximum absolute atomic E-state index is 4.40. The lowest BCUT2D eigenvalue weighted by molar-refractivity contribution is 0.271. The van der Waals surface area contributed by atoms with Gasteiger partial charge in [0.2, 0.25) is 0 Å². The molecule has 2 rings (SSSR count). The largest absolute Gasteiger partial charge is 0.366 e. The van der Waals surface area contributed by atoms with Crippen molar-refractivity contribution in [1.82, 2.24) is 15.1 Å². The summed E-state index contributed by atoms with van der Waals surface area (Å²) in [5, 5.41) is 8.09. The fraction of sp³-hybridized carbons (Fsp3) is 0.800. The molecule has 19 heavy (non-hydrogen) atoms. The smallest absolute Gasteiger partial charge is 0.0755 e. The van der Waals surface area contributed by atoms with E-state index in [1.807, 2.05) is 10.9 Å². The van der Waals surface area contributed by atoms with Gasteiger partial charge in [0, 0.05) is 31.4 Å². The molecule has 3 atom stereocenters. The summed E-state index contributed by atoms with van der Waals surface area (Å²) in [5.41, 5.74) is 1.27. The molecule has 108 valence electrons. The van der Waals surface area contributed by atoms with Crippen LogP contribution in [0.15, 0.2) is 12.4 Å². The van der Waals surface area contributed by atoms with E-state index in [0.717, 1.165) is 19.6 Å². The molecule has 2 heterocycles. The summed E-state index contributed by atoms with van der Waals surface area (Å²) >= 11 is 0. The minimum Gasteiger partial charge on any atom is -0.366 e. The average molecular weight is 264 g/mol. The van der Waals surface area contributed by atoms with Gasteiger partial charge in [-0.25, -0.2) is 0 Å². The lowest BCUT2D eigenvalue weighted by Gasteiger charge is -2.43. The Morgan fingerprint density at radius 3 is 2.79 bits per heavy atom. The van der Waals surface area contributed by atoms with E-state index < -0.39 is 0 Å². The Morgan fingerprint density at radius 2 is 2.16 bits per heavy atom. The first-order valence-electron chi connectivity index (χ1n) is 7.69. The van der Waals surface area contributed by atoms with Crippen LogP contribution in [0.5, 0.6) is 0 Å². The average Bonchev–Trinajstić information content (AvgIpc) is 2.89. The molecule has 4 nitrogen and oxygen atoms in total. The van der Waals surface area contributed by atoms with Gasteiger partial charge in [-0.05, 0) is 39.2 Å². The summed E-state index contributed by atoms with van der Waals surface area (Å²) in [7, 11) is 0. The number of aryl methyl sites for hydroxylation is 1. The van der Waals surface area contributed by atoms with Crippen molar-refractivity contribution >= 4 is 5.69 Å². The normalized spacial score (nSPS) is 27.8. The number of nitrogens with zero attached hydrogens (tertiary/aromatic N) is 3. The van der Waals surface area contributed by atoms with Gasteiger partial charge in [-0.2, -0.15) is 5.10 Å². The van der Waals surface area contributed by atoms with Crippen LogP contribution in [0.25, 0.3) is 0 Å². The number of rotatable bonds is 5. The van der Waals surface area contributed by atoms with Crippen LogP contribution in [-0.4, -0.2) is 35.0 Å². The molecule has 4 heteroatoms. The maximum atomic E-state index is 4.40. The SMILES string of the molecule is CCCNC1CCN(c2cnn(CC)c2)C(C)C1C. The first kappa shape index (κ1) is 14.4. The summed E-state index contributed by atoms with van der Waals surface area (Å²) in [6.45, 7) is 12.3. The maximum Gasteiger partial charge on any atom is 0.0755 e. The van der Waals surface area contributed by atoms with Crippen LogP contribution in [0.4, 0.5) is 5.69 Å². The molecule has 1 aliphatic heterocycles. The molecule has 0 bridgehead atoms. The van der Waals surface area contributed by atoms with E-state index in [-0.39, 0.29) is 0 Å². The summed E-state index contributed by atoms with van der Waals surface area (Å²) in [5.74, 6) is 0.672. The van der Waals surface area contributed by atoms with E-state index in [1.165, 1.54) is 18.5 Å². The van der Waals surface area contributed by atoms with Crippen molar-refractivity contribution in [2.75, 3.05) is 18.0 Å². The van der Waals surface area contributed by atoms with Crippen LogP contribution in [0.3, 0.4) is 0 Å². The number of nitrogens with one attached hydrogen (secondary N) is 1. The number of piperidine rings is 1. The third kappa shape index (κ3) is 3.11. The van der Waals surface area contributed by atoms with Crippen LogP contribution >= 0.6 is 0 Å². The summed E-state index contributed by atoms with van der Waals surface area (Å²) in [6.07, 6.45) is 6.61. The first-order valence-corrected chi connectivity index (χ1v) is 7.69. The van der Waals surface area contributed by atoms with E-state index >= 15 is 0 Å². The van der Waals surface area contributed by atoms with E-state index in [1.54, 1.807) is 0 Å². The molecule has 1 saturated heterocycles. The highest BCUT2D eigenvalue weighted by molar-refractivity contribution is 5.44. The Balaban J connectivity index is 2.01. The third-order valence-electron chi connectivity index (χ3n) is 4.50. The van der Waals surface area contributed by atoms with Gasteiger partial charge in [0.05, 0.1) is 11.9 Å². The highest BCUT2D eigenvalue weighted by atomic mass is 15.3. The Bertz CT molecular complexity index is 387. The van der Waals surface area contributed by atoms with Gasteiger partial charge in [0.1, 0.15) is 0 Å². The Labute approximate surface area is 117 Å². The fourth-order valence-corrected chi connectivity index (χ4v) is 3.02. The predicted octanol–water partition coefficient (Wildman–Crippen LogP) is 2.51. The van der Waals surface area contributed by atoms with Crippen molar-refractivity contribution in [3.63, 3.8) is 0 Å². The highest BCUT2D eigenvalue weighted by Crippen LogP contribution is 2.28. The van der Waals surface area contributed by atoms with Crippen molar-refractivity contribution in [2.24, 2.45) is 5.92 Å². The molecular weight excluding hydrogens is 236 g/mol. The summed E-state index contributed by atoms with van der Waals surface area (Å²) in [6, 6.07) is 1.23. The molecule has 1 N–H and O–H groups in total. The van der Waals surface area contributed by atoms with Crippen molar-refractivity contribution in [2.45, 2.75) is 59.2 Å². The third-order valence-corrected chi connectivity index (χ3v) is 4.50. The molecule has 3 unspecified atom stereocenters. The molecule has 0 amide bonds. The van der Waals surface area contributed by atoms with Crippen molar-refractivity contribution < 1.29 is 0 Å². The number of aromatic nitrogens is 2. The molecule has 0 radical (unpaired) electrons. The van der Waals surface area contributed by atoms with Crippen LogP contribution in [0, 0.1) is 5.92 Å². The van der Waals surface area contributed by atoms with Crippen LogP contribution in [0.1, 0.15) is 40.5 Å². The number of hydrogen-bond acceptors (Lipinski definition) is 3. The Kier molecular flexibility index (Phi) is 4.86. The number of hydrogen-bond donors (Lipinski definition) is 1. The van der Waals surface area contributed by atoms with Crippen molar-refractivity contribution in [3.05, 3.63) is 12.4 Å². The van der Waals surface area contributed by atoms with Crippen LogP contribution in [0.2, 0.25) is 0 Å². The molecule has 0 aromatic carbocycles. The van der Waals surface area contributed by atoms with Gasteiger partial charge < -0.3 is 10.2 Å². The van der Waals surface area contributed by atoms with Crippen molar-refractivity contribution in [1.29, 1.82) is 0 Å². The molecule has 0 spiro atoms. The molecule has 1 aromatic heterocycles. The van der Waals surface area contributed by atoms with E-state index in [9.17, 15) is 0 Å². The van der Waals surface area contributed by atoms with E-state index in [4.69, 9.17) is 0 Å². The molecular formula is C15H28N4. The summed E-state index contributed by atoms with van der Waals surface area (Å²) in [4.78, 5) is 2.51. The van der Waals surface area contributed by atoms with Crippen LogP contribution < -0.4 is 10.2 Å². The summed E-state index contributed by atoms with van der Waals surface area (Å²) < 4.78 is 2.01. The minimum absolute atomic E-state index is 0.567. The van der Waals surface area contributed by atoms with Gasteiger partial charge in [-0.3, -0.25) is 4.68 Å². The molecule has 0 aliphatic carbocycles. The fourth-order valence-electron chi connectivity index (χ4n) is 3.02. The van der Waals surface area contributed by atoms with Crippen molar-refractivity contribution in [3.8, 4) is 0 Å². The Morgan fingerprint density at radius 1 is 1.37 bits per heavy atom. The predicted molar refractivity (Wildman–Crippen MR) is 80.6 cm³/mol. The zero-order chi connectivity index (χ0) is 13.8. The van der Waals surface area contributed by atoms with Gasteiger partial charge in [-0.1, -0.05) is 13.8 Å². The minimum atomic E-state index is 0.567. The Hall–Kier alpha value is -1.03. The quantitative estimate of drug-likeness (QED) is 0.887. The molecule has 1 aromatic rings. The lowest BCUT2D eigenvalue weighted by Crippen LogP contribution is -2.53. The second-order valence-electron chi connectivity index (χ2n) is 5.70. The topological polar surface area (TPSA) is 33.1 Å². The molecule has 0 saturated carbocycles. The lowest BCUT2D eigenvalue weighted by atomic mass is 9.86. The van der Waals surface area contributed by atoms with E-state index in [0.29, 0.717) is 18.0 Å².